The second-order valence-electron chi connectivity index (χ2n) is 3.42. The van der Waals surface area contributed by atoms with E-state index in [0.29, 0.717) is 10.8 Å². The van der Waals surface area contributed by atoms with Gasteiger partial charge in [-0.05, 0) is 18.1 Å². The van der Waals surface area contributed by atoms with Crippen molar-refractivity contribution < 1.29 is 4.21 Å². The summed E-state index contributed by atoms with van der Waals surface area (Å²) in [5.41, 5.74) is 0.965. The van der Waals surface area contributed by atoms with Crippen LogP contribution in [0.5, 0.6) is 0 Å². The molecule has 0 amide bonds. The third-order valence-electron chi connectivity index (χ3n) is 1.80. The molecule has 13 heavy (non-hydrogen) atoms. The smallest absolute Gasteiger partial charge is 0.0712 e. The van der Waals surface area contributed by atoms with Gasteiger partial charge in [-0.15, -0.1) is 0 Å². The molecule has 1 rings (SSSR count). The fourth-order valence-corrected chi connectivity index (χ4v) is 1.55. The molecule has 0 fully saturated rings. The van der Waals surface area contributed by atoms with Crippen molar-refractivity contribution in [3.8, 4) is 0 Å². The summed E-state index contributed by atoms with van der Waals surface area (Å²) in [7, 11) is -2.61. The van der Waals surface area contributed by atoms with Crippen LogP contribution >= 0.6 is 0 Å². The van der Waals surface area contributed by atoms with Crippen molar-refractivity contribution in [3.05, 3.63) is 24.0 Å². The summed E-state index contributed by atoms with van der Waals surface area (Å²) < 4.78 is 18.6. The van der Waals surface area contributed by atoms with E-state index in [0.717, 1.165) is 5.69 Å². The number of aromatic nitrogens is 1. The minimum atomic E-state index is -2.61. The third kappa shape index (κ3) is 2.52. The quantitative estimate of drug-likeness (QED) is 0.792. The van der Waals surface area contributed by atoms with Crippen molar-refractivity contribution in [2.75, 3.05) is 6.26 Å². The van der Waals surface area contributed by atoms with Crippen LogP contribution in [0.1, 0.15) is 25.5 Å². The fraction of sp³-hybridized carbons (Fsp3) is 0.444. The van der Waals surface area contributed by atoms with E-state index in [4.69, 9.17) is 4.78 Å². The van der Waals surface area contributed by atoms with Crippen LogP contribution in [-0.2, 0) is 9.73 Å². The molecule has 1 aromatic rings. The first-order valence-electron chi connectivity index (χ1n) is 4.11. The predicted molar refractivity (Wildman–Crippen MR) is 53.4 cm³/mol. The van der Waals surface area contributed by atoms with Crippen molar-refractivity contribution in [1.29, 1.82) is 4.78 Å². The summed E-state index contributed by atoms with van der Waals surface area (Å²) in [5, 5.41) is 0. The first kappa shape index (κ1) is 10.2. The Morgan fingerprint density at radius 3 is 2.38 bits per heavy atom. The van der Waals surface area contributed by atoms with Crippen molar-refractivity contribution in [1.82, 2.24) is 4.98 Å². The van der Waals surface area contributed by atoms with Gasteiger partial charge in [0.1, 0.15) is 0 Å². The Morgan fingerprint density at radius 2 is 2.08 bits per heavy atom. The van der Waals surface area contributed by atoms with Crippen LogP contribution in [0.3, 0.4) is 0 Å². The van der Waals surface area contributed by atoms with Crippen molar-refractivity contribution in [3.63, 3.8) is 0 Å². The average molecular weight is 198 g/mol. The molecule has 3 nitrogen and oxygen atoms in total. The van der Waals surface area contributed by atoms with E-state index in [1.165, 1.54) is 12.5 Å². The van der Waals surface area contributed by atoms with E-state index in [1.807, 2.05) is 19.9 Å². The molecule has 1 aromatic heterocycles. The minimum Gasteiger partial charge on any atom is -0.260 e. The zero-order chi connectivity index (χ0) is 10.1. The Bertz CT molecular complexity index is 379. The molecule has 0 bridgehead atoms. The zero-order valence-corrected chi connectivity index (χ0v) is 8.89. The summed E-state index contributed by atoms with van der Waals surface area (Å²) in [6.07, 6.45) is 2.93. The number of pyridine rings is 1. The van der Waals surface area contributed by atoms with Gasteiger partial charge in [0, 0.05) is 18.1 Å². The predicted octanol–water partition coefficient (Wildman–Crippen LogP) is 2.24. The second-order valence-corrected chi connectivity index (χ2v) is 5.58. The summed E-state index contributed by atoms with van der Waals surface area (Å²) in [6, 6.07) is 3.55. The lowest BCUT2D eigenvalue weighted by atomic mass is 10.1. The Kier molecular flexibility index (Phi) is 2.71. The van der Waals surface area contributed by atoms with Gasteiger partial charge >= 0.3 is 0 Å². The first-order chi connectivity index (χ1) is 5.91. The molecular formula is C9H14N2OS. The molecule has 0 aromatic carbocycles. The SMILES string of the molecule is CC(C)c1ccc(S(C)(=N)=O)cn1. The summed E-state index contributed by atoms with van der Waals surface area (Å²) in [4.78, 5) is 4.64. The Morgan fingerprint density at radius 1 is 1.46 bits per heavy atom. The lowest BCUT2D eigenvalue weighted by Crippen LogP contribution is -1.98. The summed E-state index contributed by atoms with van der Waals surface area (Å²) >= 11 is 0. The molecule has 1 unspecified atom stereocenters. The van der Waals surface area contributed by atoms with Crippen LogP contribution in [0.25, 0.3) is 0 Å². The zero-order valence-electron chi connectivity index (χ0n) is 8.07. The standard InChI is InChI=1S/C9H14N2OS/c1-7(2)9-5-4-8(6-11-9)13(3,10)12/h4-7,10H,1-3H3. The molecule has 0 saturated carbocycles. The molecule has 1 N–H and O–H groups in total. The van der Waals surface area contributed by atoms with E-state index < -0.39 is 9.73 Å². The Hall–Kier alpha value is -0.900. The molecular weight excluding hydrogens is 184 g/mol. The number of rotatable bonds is 2. The molecule has 0 saturated heterocycles. The highest BCUT2D eigenvalue weighted by Crippen LogP contribution is 2.14. The van der Waals surface area contributed by atoms with Gasteiger partial charge in [-0.2, -0.15) is 0 Å². The number of hydrogen-bond acceptors (Lipinski definition) is 3. The van der Waals surface area contributed by atoms with E-state index in [-0.39, 0.29) is 0 Å². The van der Waals surface area contributed by atoms with Gasteiger partial charge in [0.2, 0.25) is 0 Å². The van der Waals surface area contributed by atoms with Crippen LogP contribution in [0, 0.1) is 4.78 Å². The van der Waals surface area contributed by atoms with E-state index in [1.54, 1.807) is 6.07 Å². The highest BCUT2D eigenvalue weighted by Gasteiger charge is 2.05. The second kappa shape index (κ2) is 3.46. The monoisotopic (exact) mass is 198 g/mol. The summed E-state index contributed by atoms with van der Waals surface area (Å²) in [5.74, 6) is 0.368. The van der Waals surface area contributed by atoms with Crippen LogP contribution < -0.4 is 0 Å². The molecule has 0 aliphatic carbocycles. The molecule has 0 aliphatic rings. The van der Waals surface area contributed by atoms with E-state index in [9.17, 15) is 4.21 Å². The Balaban J connectivity index is 3.08. The lowest BCUT2D eigenvalue weighted by molar-refractivity contribution is 0.678. The highest BCUT2D eigenvalue weighted by molar-refractivity contribution is 7.91. The maximum Gasteiger partial charge on any atom is 0.0712 e. The lowest BCUT2D eigenvalue weighted by Gasteiger charge is -2.05. The van der Waals surface area contributed by atoms with Gasteiger partial charge in [0.05, 0.1) is 14.6 Å². The third-order valence-corrected chi connectivity index (χ3v) is 2.94. The van der Waals surface area contributed by atoms with Crippen LogP contribution in [0.2, 0.25) is 0 Å². The van der Waals surface area contributed by atoms with Gasteiger partial charge in [0.15, 0.2) is 0 Å². The highest BCUT2D eigenvalue weighted by atomic mass is 32.2. The minimum absolute atomic E-state index is 0.368. The van der Waals surface area contributed by atoms with Crippen molar-refractivity contribution >= 4 is 9.73 Å². The molecule has 4 heteroatoms. The van der Waals surface area contributed by atoms with Gasteiger partial charge in [-0.1, -0.05) is 13.8 Å². The van der Waals surface area contributed by atoms with Gasteiger partial charge in [-0.3, -0.25) is 4.98 Å². The largest absolute Gasteiger partial charge is 0.260 e. The maximum atomic E-state index is 11.3. The van der Waals surface area contributed by atoms with Crippen molar-refractivity contribution in [2.24, 2.45) is 0 Å². The number of nitrogens with one attached hydrogen (secondary N) is 1. The molecule has 72 valence electrons. The fourth-order valence-electron chi connectivity index (χ4n) is 0.964. The van der Waals surface area contributed by atoms with Gasteiger partial charge < -0.3 is 0 Å². The Labute approximate surface area is 79.2 Å². The topological polar surface area (TPSA) is 53.8 Å². The number of hydrogen-bond donors (Lipinski definition) is 1. The molecule has 0 radical (unpaired) electrons. The molecule has 1 heterocycles. The summed E-state index contributed by atoms with van der Waals surface area (Å²) in [6.45, 7) is 4.10. The number of nitrogens with zero attached hydrogens (tertiary/aromatic N) is 1. The normalized spacial score (nSPS) is 15.7. The van der Waals surface area contributed by atoms with Crippen LogP contribution in [0.15, 0.2) is 23.2 Å². The van der Waals surface area contributed by atoms with Crippen LogP contribution in [0.4, 0.5) is 0 Å². The maximum absolute atomic E-state index is 11.3. The molecule has 1 atom stereocenters. The van der Waals surface area contributed by atoms with Crippen LogP contribution in [-0.4, -0.2) is 15.4 Å². The van der Waals surface area contributed by atoms with Crippen molar-refractivity contribution in [2.45, 2.75) is 24.7 Å². The average Bonchev–Trinajstić information content (AvgIpc) is 2.03. The van der Waals surface area contributed by atoms with E-state index in [2.05, 4.69) is 4.98 Å². The van der Waals surface area contributed by atoms with Gasteiger partial charge in [-0.25, -0.2) is 8.99 Å². The van der Waals surface area contributed by atoms with E-state index >= 15 is 0 Å². The molecule has 0 aliphatic heterocycles. The van der Waals surface area contributed by atoms with Gasteiger partial charge in [0.25, 0.3) is 0 Å². The molecule has 0 spiro atoms. The first-order valence-corrected chi connectivity index (χ1v) is 6.07.